The van der Waals surface area contributed by atoms with Crippen LogP contribution in [0.3, 0.4) is 0 Å². The third-order valence-corrected chi connectivity index (χ3v) is 3.66. The molecule has 0 spiro atoms. The molecule has 0 heterocycles. The van der Waals surface area contributed by atoms with Gasteiger partial charge in [-0.3, -0.25) is 9.59 Å². The number of carbonyl (C=O) groups is 2. The summed E-state index contributed by atoms with van der Waals surface area (Å²) in [6.45, 7) is -0.258. The van der Waals surface area contributed by atoms with E-state index in [9.17, 15) is 14.0 Å². The van der Waals surface area contributed by atoms with Gasteiger partial charge in [0.2, 0.25) is 5.91 Å². The summed E-state index contributed by atoms with van der Waals surface area (Å²) in [6.07, 6.45) is -0.0356. The van der Waals surface area contributed by atoms with E-state index < -0.39 is 17.6 Å². The number of nitrogens with two attached hydrogens (primary N) is 1. The van der Waals surface area contributed by atoms with E-state index in [0.29, 0.717) is 21.5 Å². The van der Waals surface area contributed by atoms with Gasteiger partial charge in [-0.15, -0.1) is 0 Å². The van der Waals surface area contributed by atoms with Crippen molar-refractivity contribution in [1.82, 2.24) is 0 Å². The average molecular weight is 385 g/mol. The first-order valence-electron chi connectivity index (χ1n) is 7.28. The molecule has 0 saturated carbocycles. The summed E-state index contributed by atoms with van der Waals surface area (Å²) in [5.74, 6) is -1.08. The van der Waals surface area contributed by atoms with Crippen LogP contribution in [-0.4, -0.2) is 25.0 Å². The van der Waals surface area contributed by atoms with Crippen molar-refractivity contribution in [3.05, 3.63) is 58.3 Å². The van der Waals surface area contributed by atoms with E-state index in [-0.39, 0.29) is 19.6 Å². The molecule has 0 aliphatic rings. The molecule has 0 aliphatic carbocycles. The third-order valence-electron chi connectivity index (χ3n) is 3.22. The fourth-order valence-electron chi connectivity index (χ4n) is 2.08. The second-order valence-electron chi connectivity index (χ2n) is 5.13. The predicted octanol–water partition coefficient (Wildman–Crippen LogP) is 3.42. The van der Waals surface area contributed by atoms with Gasteiger partial charge in [0.05, 0.1) is 0 Å². The Balaban J connectivity index is 2.11. The second kappa shape index (κ2) is 8.69. The highest BCUT2D eigenvalue weighted by atomic mass is 35.5. The van der Waals surface area contributed by atoms with Gasteiger partial charge in [-0.2, -0.15) is 0 Å². The summed E-state index contributed by atoms with van der Waals surface area (Å²) >= 11 is 11.8. The van der Waals surface area contributed by atoms with E-state index in [1.165, 1.54) is 47.4 Å². The Bertz CT molecular complexity index is 749. The van der Waals surface area contributed by atoms with Crippen molar-refractivity contribution in [3.63, 3.8) is 0 Å². The Kier molecular flexibility index (Phi) is 6.61. The number of nitrogens with zero attached hydrogens (tertiary/aromatic N) is 1. The van der Waals surface area contributed by atoms with E-state index >= 15 is 0 Å². The maximum Gasteiger partial charge on any atom is 0.264 e. The number of anilines is 1. The zero-order valence-electron chi connectivity index (χ0n) is 13.0. The van der Waals surface area contributed by atoms with Crippen molar-refractivity contribution in [2.24, 2.45) is 5.73 Å². The zero-order chi connectivity index (χ0) is 18.4. The lowest BCUT2D eigenvalue weighted by molar-refractivity contribution is -0.120. The van der Waals surface area contributed by atoms with Gasteiger partial charge in [0.1, 0.15) is 11.6 Å². The molecule has 2 aromatic carbocycles. The molecule has 2 rings (SSSR count). The van der Waals surface area contributed by atoms with Crippen LogP contribution in [-0.2, 0) is 9.59 Å². The molecule has 25 heavy (non-hydrogen) atoms. The minimum absolute atomic E-state index is 0.0356. The summed E-state index contributed by atoms with van der Waals surface area (Å²) in [7, 11) is 0. The number of benzene rings is 2. The lowest BCUT2D eigenvalue weighted by Gasteiger charge is -2.22. The maximum atomic E-state index is 13.1. The molecule has 5 nitrogen and oxygen atoms in total. The van der Waals surface area contributed by atoms with Crippen LogP contribution in [0.15, 0.2) is 42.5 Å². The second-order valence-corrected chi connectivity index (χ2v) is 6.00. The highest BCUT2D eigenvalue weighted by Crippen LogP contribution is 2.24. The fraction of sp³-hybridized carbons (Fsp3) is 0.176. The van der Waals surface area contributed by atoms with Crippen LogP contribution in [0.25, 0.3) is 0 Å². The molecule has 0 unspecified atom stereocenters. The molecular formula is C17H15Cl2FN2O3. The van der Waals surface area contributed by atoms with E-state index in [2.05, 4.69) is 0 Å². The molecule has 2 aromatic rings. The van der Waals surface area contributed by atoms with Gasteiger partial charge >= 0.3 is 0 Å². The van der Waals surface area contributed by atoms with Crippen LogP contribution in [0.1, 0.15) is 6.42 Å². The smallest absolute Gasteiger partial charge is 0.264 e. The minimum Gasteiger partial charge on any atom is -0.484 e. The first-order valence-corrected chi connectivity index (χ1v) is 8.04. The normalized spacial score (nSPS) is 10.4. The van der Waals surface area contributed by atoms with Crippen molar-refractivity contribution in [2.75, 3.05) is 18.1 Å². The van der Waals surface area contributed by atoms with Gasteiger partial charge in [0.25, 0.3) is 5.91 Å². The number of hydrogen-bond donors (Lipinski definition) is 1. The summed E-state index contributed by atoms with van der Waals surface area (Å²) in [6, 6.07) is 9.89. The van der Waals surface area contributed by atoms with E-state index in [4.69, 9.17) is 33.7 Å². The lowest BCUT2D eigenvalue weighted by atomic mass is 10.2. The van der Waals surface area contributed by atoms with Gasteiger partial charge in [0.15, 0.2) is 6.61 Å². The summed E-state index contributed by atoms with van der Waals surface area (Å²) in [5, 5.41) is 0.748. The number of primary amides is 1. The Labute approximate surface area is 154 Å². The van der Waals surface area contributed by atoms with E-state index in [1.54, 1.807) is 0 Å². The van der Waals surface area contributed by atoms with Crippen molar-refractivity contribution < 1.29 is 18.7 Å². The number of carbonyl (C=O) groups excluding carboxylic acids is 2. The number of hydrogen-bond acceptors (Lipinski definition) is 3. The zero-order valence-corrected chi connectivity index (χ0v) is 14.6. The van der Waals surface area contributed by atoms with Gasteiger partial charge in [-0.25, -0.2) is 4.39 Å². The lowest BCUT2D eigenvalue weighted by Crippen LogP contribution is -2.37. The predicted molar refractivity (Wildman–Crippen MR) is 94.5 cm³/mol. The third kappa shape index (κ3) is 5.92. The van der Waals surface area contributed by atoms with Crippen molar-refractivity contribution >= 4 is 40.7 Å². The van der Waals surface area contributed by atoms with Crippen LogP contribution in [0.4, 0.5) is 10.1 Å². The molecule has 0 aromatic heterocycles. The molecule has 0 radical (unpaired) electrons. The molecule has 0 aliphatic heterocycles. The molecule has 0 atom stereocenters. The summed E-state index contributed by atoms with van der Waals surface area (Å²) < 4.78 is 18.5. The molecule has 8 heteroatoms. The largest absolute Gasteiger partial charge is 0.484 e. The molecule has 0 bridgehead atoms. The number of amides is 2. The Morgan fingerprint density at radius 1 is 1.08 bits per heavy atom. The highest BCUT2D eigenvalue weighted by Gasteiger charge is 2.17. The fourth-order valence-corrected chi connectivity index (χ4v) is 2.58. The van der Waals surface area contributed by atoms with Gasteiger partial charge in [0, 0.05) is 28.7 Å². The van der Waals surface area contributed by atoms with Crippen molar-refractivity contribution in [3.8, 4) is 5.75 Å². The van der Waals surface area contributed by atoms with Crippen LogP contribution < -0.4 is 15.4 Å². The van der Waals surface area contributed by atoms with Gasteiger partial charge < -0.3 is 15.4 Å². The van der Waals surface area contributed by atoms with Crippen molar-refractivity contribution in [1.29, 1.82) is 0 Å². The van der Waals surface area contributed by atoms with Gasteiger partial charge in [-0.05, 0) is 42.5 Å². The molecule has 0 saturated heterocycles. The van der Waals surface area contributed by atoms with Crippen molar-refractivity contribution in [2.45, 2.75) is 6.42 Å². The minimum atomic E-state index is -0.553. The standard InChI is InChI=1S/C17H15Cl2FN2O3/c18-11-7-12(19)9-15(8-11)25-10-17(24)22(6-5-16(21)23)14-3-1-13(20)2-4-14/h1-4,7-9H,5-6,10H2,(H2,21,23). The molecule has 132 valence electrons. The first kappa shape index (κ1) is 19.0. The first-order chi connectivity index (χ1) is 11.8. The van der Waals surface area contributed by atoms with E-state index in [0.717, 1.165) is 0 Å². The van der Waals surface area contributed by atoms with Crippen LogP contribution in [0.2, 0.25) is 10.0 Å². The monoisotopic (exact) mass is 384 g/mol. The average Bonchev–Trinajstić information content (AvgIpc) is 2.53. The molecule has 2 amide bonds. The SMILES string of the molecule is NC(=O)CCN(C(=O)COc1cc(Cl)cc(Cl)c1)c1ccc(F)cc1. The Morgan fingerprint density at radius 2 is 1.68 bits per heavy atom. The summed E-state index contributed by atoms with van der Waals surface area (Å²) in [5.41, 5.74) is 5.57. The summed E-state index contributed by atoms with van der Waals surface area (Å²) in [4.78, 5) is 24.8. The molecular weight excluding hydrogens is 370 g/mol. The van der Waals surface area contributed by atoms with Gasteiger partial charge in [-0.1, -0.05) is 23.2 Å². The number of ether oxygens (including phenoxy) is 1. The molecule has 0 fully saturated rings. The molecule has 2 N–H and O–H groups in total. The highest BCUT2D eigenvalue weighted by molar-refractivity contribution is 6.34. The Morgan fingerprint density at radius 3 is 2.24 bits per heavy atom. The van der Waals surface area contributed by atoms with Crippen LogP contribution >= 0.6 is 23.2 Å². The number of rotatable bonds is 7. The Hall–Kier alpha value is -2.31. The number of halogens is 3. The maximum absolute atomic E-state index is 13.1. The quantitative estimate of drug-likeness (QED) is 0.794. The van der Waals surface area contributed by atoms with Crippen LogP contribution in [0.5, 0.6) is 5.75 Å². The van der Waals surface area contributed by atoms with Crippen LogP contribution in [0, 0.1) is 5.82 Å². The topological polar surface area (TPSA) is 72.6 Å². The van der Waals surface area contributed by atoms with E-state index in [1.807, 2.05) is 0 Å².